The van der Waals surface area contributed by atoms with Crippen molar-refractivity contribution in [3.05, 3.63) is 88.2 Å². The first kappa shape index (κ1) is 17.3. The van der Waals surface area contributed by atoms with E-state index in [0.717, 1.165) is 0 Å². The summed E-state index contributed by atoms with van der Waals surface area (Å²) in [4.78, 5) is 12.2. The molecule has 0 spiro atoms. The highest BCUT2D eigenvalue weighted by molar-refractivity contribution is 6.42. The first-order valence-corrected chi connectivity index (χ1v) is 8.07. The first-order chi connectivity index (χ1) is 12.0. The minimum Gasteiger partial charge on any atom is -0.454 e. The molecular formula is C19H12Cl2FNO2. The molecule has 0 radical (unpaired) electrons. The third kappa shape index (κ3) is 4.29. The van der Waals surface area contributed by atoms with Crippen LogP contribution in [0.3, 0.4) is 0 Å². The van der Waals surface area contributed by atoms with Gasteiger partial charge >= 0.3 is 0 Å². The van der Waals surface area contributed by atoms with Crippen LogP contribution in [0.1, 0.15) is 10.4 Å². The number of ether oxygens (including phenoxy) is 1. The molecule has 0 saturated heterocycles. The predicted octanol–water partition coefficient (Wildman–Crippen LogP) is 6.18. The van der Waals surface area contributed by atoms with E-state index in [1.165, 1.54) is 30.3 Å². The van der Waals surface area contributed by atoms with Crippen LogP contribution in [-0.4, -0.2) is 5.91 Å². The second-order valence-corrected chi connectivity index (χ2v) is 5.96. The summed E-state index contributed by atoms with van der Waals surface area (Å²) in [5.74, 6) is -0.418. The Morgan fingerprint density at radius 2 is 1.68 bits per heavy atom. The molecule has 0 atom stereocenters. The van der Waals surface area contributed by atoms with Gasteiger partial charge in [0.1, 0.15) is 5.75 Å². The minimum absolute atomic E-state index is 0.0683. The number of hydrogen-bond donors (Lipinski definition) is 1. The average Bonchev–Trinajstić information content (AvgIpc) is 2.60. The van der Waals surface area contributed by atoms with E-state index in [4.69, 9.17) is 27.9 Å². The Balaban J connectivity index is 1.74. The molecule has 1 amide bonds. The topological polar surface area (TPSA) is 38.3 Å². The molecule has 3 rings (SSSR count). The number of carbonyl (C=O) groups excluding carboxylic acids is 1. The van der Waals surface area contributed by atoms with Crippen LogP contribution in [0.2, 0.25) is 10.0 Å². The summed E-state index contributed by atoms with van der Waals surface area (Å²) in [6.07, 6.45) is 0. The highest BCUT2D eigenvalue weighted by atomic mass is 35.5. The first-order valence-electron chi connectivity index (χ1n) is 7.32. The number of hydrogen-bond acceptors (Lipinski definition) is 2. The molecule has 126 valence electrons. The van der Waals surface area contributed by atoms with Crippen LogP contribution in [-0.2, 0) is 0 Å². The van der Waals surface area contributed by atoms with Crippen LogP contribution in [0.15, 0.2) is 66.7 Å². The fraction of sp³-hybridized carbons (Fsp3) is 0. The van der Waals surface area contributed by atoms with E-state index in [-0.39, 0.29) is 10.8 Å². The molecule has 3 nitrogen and oxygen atoms in total. The minimum atomic E-state index is -0.587. The number of para-hydroxylation sites is 1. The molecule has 25 heavy (non-hydrogen) atoms. The van der Waals surface area contributed by atoms with Gasteiger partial charge in [-0.1, -0.05) is 41.4 Å². The molecule has 0 aliphatic heterocycles. The molecule has 0 fully saturated rings. The average molecular weight is 376 g/mol. The van der Waals surface area contributed by atoms with Gasteiger partial charge in [-0.25, -0.2) is 4.39 Å². The van der Waals surface area contributed by atoms with Crippen molar-refractivity contribution in [2.45, 2.75) is 0 Å². The lowest BCUT2D eigenvalue weighted by molar-refractivity contribution is 0.102. The van der Waals surface area contributed by atoms with E-state index >= 15 is 0 Å². The van der Waals surface area contributed by atoms with Crippen LogP contribution >= 0.6 is 23.2 Å². The van der Waals surface area contributed by atoms with E-state index < -0.39 is 11.7 Å². The van der Waals surface area contributed by atoms with Crippen molar-refractivity contribution in [1.29, 1.82) is 0 Å². The standard InChI is InChI=1S/C19H12Cl2FNO2/c20-15-8-6-12(10-16(15)21)19(24)23-13-7-9-18(17(22)11-13)25-14-4-2-1-3-5-14/h1-11H,(H,23,24). The molecule has 6 heteroatoms. The van der Waals surface area contributed by atoms with Gasteiger partial charge in [-0.15, -0.1) is 0 Å². The van der Waals surface area contributed by atoms with Crippen molar-refractivity contribution >= 4 is 34.8 Å². The lowest BCUT2D eigenvalue weighted by Crippen LogP contribution is -2.12. The Morgan fingerprint density at radius 1 is 0.920 bits per heavy atom. The normalized spacial score (nSPS) is 10.4. The zero-order valence-electron chi connectivity index (χ0n) is 12.8. The maximum atomic E-state index is 14.2. The molecule has 3 aromatic rings. The summed E-state index contributed by atoms with van der Waals surface area (Å²) < 4.78 is 19.7. The third-order valence-electron chi connectivity index (χ3n) is 3.34. The molecule has 0 heterocycles. The number of halogens is 3. The highest BCUT2D eigenvalue weighted by Crippen LogP contribution is 2.27. The van der Waals surface area contributed by atoms with E-state index in [0.29, 0.717) is 22.0 Å². The zero-order valence-corrected chi connectivity index (χ0v) is 14.3. The maximum Gasteiger partial charge on any atom is 0.255 e. The van der Waals surface area contributed by atoms with Crippen LogP contribution in [0.25, 0.3) is 0 Å². The van der Waals surface area contributed by atoms with Gasteiger partial charge in [0, 0.05) is 17.3 Å². The Morgan fingerprint density at radius 3 is 2.36 bits per heavy atom. The largest absolute Gasteiger partial charge is 0.454 e. The second kappa shape index (κ2) is 7.55. The van der Waals surface area contributed by atoms with Gasteiger partial charge < -0.3 is 10.1 Å². The van der Waals surface area contributed by atoms with Crippen LogP contribution < -0.4 is 10.1 Å². The molecule has 0 aliphatic rings. The van der Waals surface area contributed by atoms with E-state index in [2.05, 4.69) is 5.32 Å². The third-order valence-corrected chi connectivity index (χ3v) is 4.08. The van der Waals surface area contributed by atoms with Crippen LogP contribution in [0.4, 0.5) is 10.1 Å². The van der Waals surface area contributed by atoms with E-state index in [1.807, 2.05) is 6.07 Å². The van der Waals surface area contributed by atoms with Crippen molar-refractivity contribution in [3.8, 4) is 11.5 Å². The van der Waals surface area contributed by atoms with Gasteiger partial charge in [-0.05, 0) is 42.5 Å². The van der Waals surface area contributed by atoms with Gasteiger partial charge in [0.05, 0.1) is 10.0 Å². The van der Waals surface area contributed by atoms with Gasteiger partial charge in [-0.3, -0.25) is 4.79 Å². The van der Waals surface area contributed by atoms with Gasteiger partial charge in [0.15, 0.2) is 11.6 Å². The number of benzene rings is 3. The summed E-state index contributed by atoms with van der Waals surface area (Å²) in [7, 11) is 0. The monoisotopic (exact) mass is 375 g/mol. The quantitative estimate of drug-likeness (QED) is 0.591. The highest BCUT2D eigenvalue weighted by Gasteiger charge is 2.11. The SMILES string of the molecule is O=C(Nc1ccc(Oc2ccccc2)c(F)c1)c1ccc(Cl)c(Cl)c1. The lowest BCUT2D eigenvalue weighted by Gasteiger charge is -2.10. The molecule has 0 unspecified atom stereocenters. The molecule has 0 saturated carbocycles. The molecule has 0 aromatic heterocycles. The van der Waals surface area contributed by atoms with Crippen molar-refractivity contribution in [1.82, 2.24) is 0 Å². The number of anilines is 1. The predicted molar refractivity (Wildman–Crippen MR) is 97.3 cm³/mol. The molecule has 0 aliphatic carbocycles. The number of carbonyl (C=O) groups is 1. The number of amides is 1. The summed E-state index contributed by atoms with van der Waals surface area (Å²) in [5, 5.41) is 3.22. The molecule has 3 aromatic carbocycles. The van der Waals surface area contributed by atoms with Crippen LogP contribution in [0.5, 0.6) is 11.5 Å². The molecule has 1 N–H and O–H groups in total. The zero-order chi connectivity index (χ0) is 17.8. The van der Waals surface area contributed by atoms with E-state index in [9.17, 15) is 9.18 Å². The van der Waals surface area contributed by atoms with Crippen LogP contribution in [0, 0.1) is 5.82 Å². The Labute approximate surface area is 154 Å². The number of nitrogens with one attached hydrogen (secondary N) is 1. The fourth-order valence-corrected chi connectivity index (χ4v) is 2.42. The summed E-state index contributed by atoms with van der Waals surface area (Å²) >= 11 is 11.7. The van der Waals surface area contributed by atoms with Crippen molar-refractivity contribution in [2.75, 3.05) is 5.32 Å². The van der Waals surface area contributed by atoms with Gasteiger partial charge in [0.2, 0.25) is 0 Å². The smallest absolute Gasteiger partial charge is 0.255 e. The van der Waals surface area contributed by atoms with Crippen molar-refractivity contribution in [2.24, 2.45) is 0 Å². The molecule has 0 bridgehead atoms. The Kier molecular flexibility index (Phi) is 5.22. The molecular weight excluding hydrogens is 364 g/mol. The van der Waals surface area contributed by atoms with Gasteiger partial charge in [0.25, 0.3) is 5.91 Å². The Hall–Kier alpha value is -2.56. The summed E-state index contributed by atoms with van der Waals surface area (Å²) in [5.41, 5.74) is 0.619. The second-order valence-electron chi connectivity index (χ2n) is 5.14. The van der Waals surface area contributed by atoms with Gasteiger partial charge in [-0.2, -0.15) is 0 Å². The Bertz CT molecular complexity index is 917. The fourth-order valence-electron chi connectivity index (χ4n) is 2.12. The number of rotatable bonds is 4. The lowest BCUT2D eigenvalue weighted by atomic mass is 10.2. The summed E-state index contributed by atoms with van der Waals surface area (Å²) in [6.45, 7) is 0. The van der Waals surface area contributed by atoms with E-state index in [1.54, 1.807) is 30.3 Å². The van der Waals surface area contributed by atoms with Crippen molar-refractivity contribution < 1.29 is 13.9 Å². The van der Waals surface area contributed by atoms with Crippen molar-refractivity contribution in [3.63, 3.8) is 0 Å². The maximum absolute atomic E-state index is 14.2. The summed E-state index contributed by atoms with van der Waals surface area (Å²) in [6, 6.07) is 17.6.